The average molecular weight is 248 g/mol. The molecule has 0 radical (unpaired) electrons. The summed E-state index contributed by atoms with van der Waals surface area (Å²) >= 11 is 0. The first-order valence-corrected chi connectivity index (χ1v) is 6.73. The highest BCUT2D eigenvalue weighted by Crippen LogP contribution is 2.89. The van der Waals surface area contributed by atoms with Gasteiger partial charge in [0.25, 0.3) is 0 Å². The molecule has 5 saturated carbocycles. The molecule has 0 aromatic rings. The smallest absolute Gasteiger partial charge is 0.348 e. The zero-order valence-electron chi connectivity index (χ0n) is 9.45. The molecule has 7 aliphatic rings. The zero-order chi connectivity index (χ0) is 12.2. The van der Waals surface area contributed by atoms with Gasteiger partial charge < -0.3 is 14.9 Å². The van der Waals surface area contributed by atoms with Crippen molar-refractivity contribution in [1.29, 1.82) is 0 Å². The second-order valence-electron chi connectivity index (χ2n) is 7.13. The van der Waals surface area contributed by atoms with Crippen LogP contribution in [0.2, 0.25) is 0 Å². The number of aliphatic hydroxyl groups is 1. The molecule has 94 valence electrons. The third-order valence-electron chi connectivity index (χ3n) is 7.43. The quantitative estimate of drug-likeness (QED) is 0.610. The lowest BCUT2D eigenvalue weighted by atomic mass is 9.50. The van der Waals surface area contributed by atoms with E-state index < -0.39 is 23.1 Å². The first-order valence-electron chi connectivity index (χ1n) is 6.73. The number of aliphatic carboxylic acids is 1. The van der Waals surface area contributed by atoms with E-state index in [1.165, 1.54) is 0 Å². The van der Waals surface area contributed by atoms with Gasteiger partial charge in [0.15, 0.2) is 5.60 Å². The molecule has 5 aliphatic carbocycles. The predicted molar refractivity (Wildman–Crippen MR) is 53.9 cm³/mol. The summed E-state index contributed by atoms with van der Waals surface area (Å²) in [6.07, 6.45) is 1.01. The van der Waals surface area contributed by atoms with Gasteiger partial charge in [-0.15, -0.1) is 0 Å². The van der Waals surface area contributed by atoms with E-state index in [-0.39, 0.29) is 23.7 Å². The summed E-state index contributed by atoms with van der Waals surface area (Å²) in [6, 6.07) is 0. The highest BCUT2D eigenvalue weighted by Gasteiger charge is 2.97. The van der Waals surface area contributed by atoms with Crippen molar-refractivity contribution in [2.75, 3.05) is 0 Å². The Bertz CT molecular complexity index is 572. The van der Waals surface area contributed by atoms with Crippen molar-refractivity contribution in [3.05, 3.63) is 0 Å². The molecule has 10 atom stereocenters. The van der Waals surface area contributed by atoms with E-state index in [2.05, 4.69) is 0 Å². The van der Waals surface area contributed by atoms with Gasteiger partial charge in [0.1, 0.15) is 0 Å². The van der Waals surface area contributed by atoms with E-state index in [1.54, 1.807) is 0 Å². The maximum Gasteiger partial charge on any atom is 0.348 e. The molecule has 5 nitrogen and oxygen atoms in total. The highest BCUT2D eigenvalue weighted by molar-refractivity contribution is 5.93. The zero-order valence-corrected chi connectivity index (χ0v) is 9.45. The summed E-state index contributed by atoms with van der Waals surface area (Å²) in [5.74, 6) is -0.552. The molecular weight excluding hydrogens is 236 g/mol. The van der Waals surface area contributed by atoms with Gasteiger partial charge in [0.05, 0.1) is 0 Å². The Kier molecular flexibility index (Phi) is 0.949. The first kappa shape index (κ1) is 8.91. The molecule has 2 N–H and O–H groups in total. The van der Waals surface area contributed by atoms with Crippen LogP contribution in [0.15, 0.2) is 0 Å². The Balaban J connectivity index is 1.74. The lowest BCUT2D eigenvalue weighted by molar-refractivity contribution is -0.282. The second-order valence-corrected chi connectivity index (χ2v) is 7.13. The number of hydrogen-bond donors (Lipinski definition) is 2. The van der Waals surface area contributed by atoms with Crippen LogP contribution in [0.5, 0.6) is 0 Å². The Labute approximate surface area is 102 Å². The average Bonchev–Trinajstić information content (AvgIpc) is 2.78. The molecule has 5 heteroatoms. The standard InChI is InChI=1S/C13H12O5/c14-10(15)13-7-3-1-2-4-5(3)9(13)8(4)12(17,6(2)7)11(16)18-13/h2-9,17H,1H2,(H,14,15)/t2-,3-,4+,5+,6-,7+,8+,9+,12-,13-/m0/s1. The minimum atomic E-state index is -1.34. The minimum Gasteiger partial charge on any atom is -0.478 e. The molecule has 0 amide bonds. The van der Waals surface area contributed by atoms with Crippen molar-refractivity contribution in [3.8, 4) is 0 Å². The third kappa shape index (κ3) is 0.451. The number of carbonyl (C=O) groups is 2. The molecular formula is C13H12O5. The van der Waals surface area contributed by atoms with E-state index in [0.29, 0.717) is 23.7 Å². The number of carboxylic acids is 1. The summed E-state index contributed by atoms with van der Waals surface area (Å²) in [5, 5.41) is 20.5. The minimum absolute atomic E-state index is 0.110. The molecule has 2 aliphatic heterocycles. The molecule has 2 saturated heterocycles. The van der Waals surface area contributed by atoms with Crippen LogP contribution in [0.4, 0.5) is 0 Å². The number of rotatable bonds is 1. The van der Waals surface area contributed by atoms with Crippen molar-refractivity contribution in [1.82, 2.24) is 0 Å². The number of hydrogen-bond acceptors (Lipinski definition) is 4. The topological polar surface area (TPSA) is 83.8 Å². The van der Waals surface area contributed by atoms with Crippen molar-refractivity contribution in [3.63, 3.8) is 0 Å². The van der Waals surface area contributed by atoms with Crippen molar-refractivity contribution >= 4 is 11.9 Å². The van der Waals surface area contributed by atoms with Crippen LogP contribution in [-0.4, -0.2) is 33.4 Å². The van der Waals surface area contributed by atoms with E-state index in [9.17, 15) is 19.8 Å². The van der Waals surface area contributed by atoms with E-state index in [4.69, 9.17) is 4.74 Å². The van der Waals surface area contributed by atoms with E-state index in [0.717, 1.165) is 6.42 Å². The summed E-state index contributed by atoms with van der Waals surface area (Å²) in [5.41, 5.74) is -2.63. The Morgan fingerprint density at radius 1 is 1.17 bits per heavy atom. The predicted octanol–water partition coefficient (Wildman–Crippen LogP) is -0.515. The molecule has 2 heterocycles. The normalized spacial score (nSPS) is 75.1. The number of carboxylic acid groups (broad SMARTS) is 1. The van der Waals surface area contributed by atoms with Gasteiger partial charge in [-0.2, -0.15) is 0 Å². The highest BCUT2D eigenvalue weighted by atomic mass is 16.6. The molecule has 0 unspecified atom stereocenters. The fourth-order valence-corrected chi connectivity index (χ4v) is 7.57. The van der Waals surface area contributed by atoms with E-state index >= 15 is 0 Å². The van der Waals surface area contributed by atoms with Gasteiger partial charge >= 0.3 is 11.9 Å². The number of ether oxygens (including phenoxy) is 1. The number of carbonyl (C=O) groups excluding carboxylic acids is 1. The van der Waals surface area contributed by atoms with Crippen LogP contribution in [0.1, 0.15) is 6.42 Å². The Morgan fingerprint density at radius 2 is 1.83 bits per heavy atom. The van der Waals surface area contributed by atoms with Crippen molar-refractivity contribution in [2.45, 2.75) is 17.6 Å². The van der Waals surface area contributed by atoms with Gasteiger partial charge in [-0.1, -0.05) is 0 Å². The van der Waals surface area contributed by atoms with Crippen molar-refractivity contribution in [2.24, 2.45) is 47.3 Å². The molecule has 0 aromatic heterocycles. The Hall–Kier alpha value is -1.10. The molecule has 18 heavy (non-hydrogen) atoms. The maximum atomic E-state index is 12.1. The molecule has 7 fully saturated rings. The maximum absolute atomic E-state index is 12.1. The van der Waals surface area contributed by atoms with Crippen LogP contribution in [0.3, 0.4) is 0 Å². The lowest BCUT2D eigenvalue weighted by Crippen LogP contribution is -2.76. The molecule has 4 bridgehead atoms. The van der Waals surface area contributed by atoms with Gasteiger partial charge in [-0.05, 0) is 30.1 Å². The lowest BCUT2D eigenvalue weighted by Gasteiger charge is -2.60. The van der Waals surface area contributed by atoms with Crippen LogP contribution in [0.25, 0.3) is 0 Å². The second kappa shape index (κ2) is 1.92. The third-order valence-corrected chi connectivity index (χ3v) is 7.43. The number of fused-ring (bicyclic) bond motifs is 1. The SMILES string of the molecule is O=C1O[C@@]2(C(=O)O)[C@@H]3[C@H]4C[C@H]5[C@@H]6[C@@H]4[C@@H]2[C@@H]6[C@@]1(O)[C@@H]53. The van der Waals surface area contributed by atoms with Gasteiger partial charge in [0.2, 0.25) is 5.60 Å². The summed E-state index contributed by atoms with van der Waals surface area (Å²) in [6.45, 7) is 0. The van der Waals surface area contributed by atoms with Crippen LogP contribution < -0.4 is 0 Å². The van der Waals surface area contributed by atoms with Gasteiger partial charge in [0, 0.05) is 23.7 Å². The van der Waals surface area contributed by atoms with Gasteiger partial charge in [-0.25, -0.2) is 9.59 Å². The summed E-state index contributed by atoms with van der Waals surface area (Å²) in [4.78, 5) is 23.9. The van der Waals surface area contributed by atoms with Crippen LogP contribution in [0, 0.1) is 47.3 Å². The molecule has 0 spiro atoms. The summed E-state index contributed by atoms with van der Waals surface area (Å²) in [7, 11) is 0. The first-order chi connectivity index (χ1) is 8.54. The van der Waals surface area contributed by atoms with Crippen molar-refractivity contribution < 1.29 is 24.5 Å². The van der Waals surface area contributed by atoms with Crippen LogP contribution >= 0.6 is 0 Å². The monoisotopic (exact) mass is 248 g/mol. The summed E-state index contributed by atoms with van der Waals surface area (Å²) < 4.78 is 5.33. The molecule has 0 aromatic carbocycles. The largest absolute Gasteiger partial charge is 0.478 e. The fourth-order valence-electron chi connectivity index (χ4n) is 7.57. The van der Waals surface area contributed by atoms with Crippen LogP contribution in [-0.2, 0) is 14.3 Å². The number of esters is 1. The Morgan fingerprint density at radius 3 is 2.56 bits per heavy atom. The fraction of sp³-hybridized carbons (Fsp3) is 0.846. The van der Waals surface area contributed by atoms with E-state index in [1.807, 2.05) is 0 Å². The van der Waals surface area contributed by atoms with Gasteiger partial charge in [-0.3, -0.25) is 0 Å². The molecule has 7 rings (SSSR count).